The number of carbonyl (C=O) groups is 3. The maximum Gasteiger partial charge on any atom is 0.305 e. The highest BCUT2D eigenvalue weighted by Crippen LogP contribution is 2.67. The number of fused-ring (bicyclic) bond motifs is 5. The molecule has 4 nitrogen and oxygen atoms in total. The highest BCUT2D eigenvalue weighted by atomic mass is 16.5. The van der Waals surface area contributed by atoms with Gasteiger partial charge in [-0.25, -0.2) is 0 Å². The van der Waals surface area contributed by atoms with Gasteiger partial charge in [-0.3, -0.25) is 14.4 Å². The molecule has 0 heterocycles. The summed E-state index contributed by atoms with van der Waals surface area (Å²) in [6.45, 7) is 7.12. The van der Waals surface area contributed by atoms with E-state index in [0.717, 1.165) is 25.7 Å². The van der Waals surface area contributed by atoms with Crippen LogP contribution in [0.15, 0.2) is 0 Å². The van der Waals surface area contributed by atoms with Crippen molar-refractivity contribution in [1.29, 1.82) is 0 Å². The molecule has 0 bridgehead atoms. The summed E-state index contributed by atoms with van der Waals surface area (Å²) in [5.41, 5.74) is 0.377. The molecule has 0 radical (unpaired) electrons. The van der Waals surface area contributed by atoms with E-state index >= 15 is 0 Å². The van der Waals surface area contributed by atoms with Crippen LogP contribution in [0.4, 0.5) is 0 Å². The minimum atomic E-state index is -0.117. The van der Waals surface area contributed by atoms with E-state index in [-0.39, 0.29) is 28.6 Å². The van der Waals surface area contributed by atoms with Gasteiger partial charge in [-0.15, -0.1) is 0 Å². The van der Waals surface area contributed by atoms with Crippen molar-refractivity contribution in [3.8, 4) is 0 Å². The van der Waals surface area contributed by atoms with E-state index in [1.807, 2.05) is 0 Å². The molecular formula is C25H38O4. The Morgan fingerprint density at radius 3 is 2.52 bits per heavy atom. The SMILES string of the molecule is COC(=O)CC[C@@H](C)C1CCC2C3C(=O)C[C@@H]4CC(=O)CC[C@]4(C)C3CC[C@@]21C. The third-order valence-electron chi connectivity index (χ3n) is 10.1. The fourth-order valence-electron chi connectivity index (χ4n) is 8.35. The number of methoxy groups -OCH3 is 1. The predicted octanol–water partition coefficient (Wildman–Crippen LogP) is 4.98. The number of rotatable bonds is 4. The Labute approximate surface area is 175 Å². The third kappa shape index (κ3) is 3.29. The molecule has 4 fully saturated rings. The van der Waals surface area contributed by atoms with Crippen LogP contribution in [0.25, 0.3) is 0 Å². The second-order valence-electron chi connectivity index (χ2n) is 11.2. The molecule has 0 aromatic heterocycles. The Bertz CT molecular complexity index is 699. The van der Waals surface area contributed by atoms with Crippen LogP contribution in [-0.2, 0) is 19.1 Å². The average Bonchev–Trinajstić information content (AvgIpc) is 3.04. The van der Waals surface area contributed by atoms with Crippen molar-refractivity contribution >= 4 is 17.5 Å². The number of hydrogen-bond donors (Lipinski definition) is 0. The van der Waals surface area contributed by atoms with Crippen molar-refractivity contribution in [3.05, 3.63) is 0 Å². The number of esters is 1. The van der Waals surface area contributed by atoms with Gasteiger partial charge in [0.2, 0.25) is 0 Å². The maximum absolute atomic E-state index is 13.4. The van der Waals surface area contributed by atoms with Crippen LogP contribution < -0.4 is 0 Å². The van der Waals surface area contributed by atoms with Crippen molar-refractivity contribution in [3.63, 3.8) is 0 Å². The first-order chi connectivity index (χ1) is 13.7. The summed E-state index contributed by atoms with van der Waals surface area (Å²) in [6.07, 6.45) is 8.96. The van der Waals surface area contributed by atoms with Crippen LogP contribution in [0.5, 0.6) is 0 Å². The summed E-state index contributed by atoms with van der Waals surface area (Å²) in [5.74, 6) is 3.18. The zero-order chi connectivity index (χ0) is 21.0. The second kappa shape index (κ2) is 7.50. The summed E-state index contributed by atoms with van der Waals surface area (Å²) >= 11 is 0. The zero-order valence-electron chi connectivity index (χ0n) is 18.7. The first kappa shape index (κ1) is 21.1. The van der Waals surface area contributed by atoms with E-state index in [4.69, 9.17) is 4.74 Å². The third-order valence-corrected chi connectivity index (χ3v) is 10.1. The minimum Gasteiger partial charge on any atom is -0.469 e. The molecule has 0 aromatic rings. The lowest BCUT2D eigenvalue weighted by Gasteiger charge is -2.59. The summed E-state index contributed by atoms with van der Waals surface area (Å²) < 4.78 is 4.84. The van der Waals surface area contributed by atoms with Crippen LogP contribution in [0.3, 0.4) is 0 Å². The molecule has 162 valence electrons. The van der Waals surface area contributed by atoms with Crippen LogP contribution in [0.2, 0.25) is 0 Å². The molecule has 4 heteroatoms. The highest BCUT2D eigenvalue weighted by Gasteiger charge is 2.63. The molecule has 8 atom stereocenters. The van der Waals surface area contributed by atoms with Gasteiger partial charge in [-0.2, -0.15) is 0 Å². The monoisotopic (exact) mass is 402 g/mol. The van der Waals surface area contributed by atoms with Gasteiger partial charge in [0.15, 0.2) is 0 Å². The Hall–Kier alpha value is -1.19. The summed E-state index contributed by atoms with van der Waals surface area (Å²) in [7, 11) is 1.46. The first-order valence-electron chi connectivity index (χ1n) is 11.8. The standard InChI is InChI=1S/C25H38O4/c1-15(5-8-22(28)29-4)18-6-7-19-23-20(10-12-25(18,19)3)24(2)11-9-17(26)13-16(24)14-21(23)27/h15-16,18-20,23H,5-14H2,1-4H3/t15-,16+,18?,19?,20?,23?,24+,25-/m1/s1. The molecule has 0 spiro atoms. The number of Topliss-reactive ketones (excluding diaryl/α,β-unsaturated/α-hetero) is 2. The molecule has 0 aromatic carbocycles. The van der Waals surface area contributed by atoms with Gasteiger partial charge in [-0.1, -0.05) is 20.8 Å². The Morgan fingerprint density at radius 2 is 1.79 bits per heavy atom. The molecule has 4 aliphatic rings. The quantitative estimate of drug-likeness (QED) is 0.622. The van der Waals surface area contributed by atoms with Gasteiger partial charge in [-0.05, 0) is 78.9 Å². The molecule has 4 rings (SSSR count). The maximum atomic E-state index is 13.4. The van der Waals surface area contributed by atoms with E-state index in [0.29, 0.717) is 60.9 Å². The summed E-state index contributed by atoms with van der Waals surface area (Å²) in [6, 6.07) is 0. The van der Waals surface area contributed by atoms with Crippen molar-refractivity contribution < 1.29 is 19.1 Å². The second-order valence-corrected chi connectivity index (χ2v) is 11.2. The van der Waals surface area contributed by atoms with Crippen molar-refractivity contribution in [2.75, 3.05) is 7.11 Å². The van der Waals surface area contributed by atoms with Crippen molar-refractivity contribution in [2.24, 2.45) is 46.3 Å². The molecule has 0 N–H and O–H groups in total. The van der Waals surface area contributed by atoms with Crippen LogP contribution in [-0.4, -0.2) is 24.6 Å². The lowest BCUT2D eigenvalue weighted by molar-refractivity contribution is -0.159. The van der Waals surface area contributed by atoms with Gasteiger partial charge < -0.3 is 4.74 Å². The average molecular weight is 403 g/mol. The van der Waals surface area contributed by atoms with Crippen molar-refractivity contribution in [2.45, 2.75) is 85.0 Å². The number of ether oxygens (including phenoxy) is 1. The molecule has 4 unspecified atom stereocenters. The molecule has 4 saturated carbocycles. The minimum absolute atomic E-state index is 0.117. The van der Waals surface area contributed by atoms with E-state index in [2.05, 4.69) is 20.8 Å². The number of carbonyl (C=O) groups excluding carboxylic acids is 3. The molecule has 4 aliphatic carbocycles. The number of ketones is 2. The van der Waals surface area contributed by atoms with Crippen molar-refractivity contribution in [1.82, 2.24) is 0 Å². The molecule has 0 aliphatic heterocycles. The molecule has 0 amide bonds. The Balaban J connectivity index is 1.54. The van der Waals surface area contributed by atoms with Gasteiger partial charge in [0, 0.05) is 31.6 Å². The smallest absolute Gasteiger partial charge is 0.305 e. The van der Waals surface area contributed by atoms with Gasteiger partial charge in [0.05, 0.1) is 7.11 Å². The molecule has 29 heavy (non-hydrogen) atoms. The van der Waals surface area contributed by atoms with E-state index in [1.165, 1.54) is 20.0 Å². The number of hydrogen-bond acceptors (Lipinski definition) is 4. The zero-order valence-corrected chi connectivity index (χ0v) is 18.7. The van der Waals surface area contributed by atoms with Crippen LogP contribution in [0, 0.1) is 46.3 Å². The fraction of sp³-hybridized carbons (Fsp3) is 0.880. The Morgan fingerprint density at radius 1 is 1.07 bits per heavy atom. The van der Waals surface area contributed by atoms with E-state index in [9.17, 15) is 14.4 Å². The fourth-order valence-corrected chi connectivity index (χ4v) is 8.35. The Kier molecular flexibility index (Phi) is 5.44. The summed E-state index contributed by atoms with van der Waals surface area (Å²) in [4.78, 5) is 37.1. The van der Waals surface area contributed by atoms with E-state index < -0.39 is 0 Å². The van der Waals surface area contributed by atoms with Gasteiger partial charge >= 0.3 is 5.97 Å². The molecular weight excluding hydrogens is 364 g/mol. The van der Waals surface area contributed by atoms with E-state index in [1.54, 1.807) is 0 Å². The lowest BCUT2D eigenvalue weighted by Crippen LogP contribution is -2.57. The highest BCUT2D eigenvalue weighted by molar-refractivity contribution is 5.86. The van der Waals surface area contributed by atoms with Crippen LogP contribution >= 0.6 is 0 Å². The normalized spacial score (nSPS) is 45.2. The predicted molar refractivity (Wildman–Crippen MR) is 111 cm³/mol. The largest absolute Gasteiger partial charge is 0.469 e. The topological polar surface area (TPSA) is 60.4 Å². The lowest BCUT2D eigenvalue weighted by atomic mass is 9.44. The summed E-state index contributed by atoms with van der Waals surface area (Å²) in [5, 5.41) is 0. The van der Waals surface area contributed by atoms with Gasteiger partial charge in [0.1, 0.15) is 11.6 Å². The van der Waals surface area contributed by atoms with Crippen LogP contribution in [0.1, 0.15) is 85.0 Å². The first-order valence-corrected chi connectivity index (χ1v) is 11.8. The van der Waals surface area contributed by atoms with Gasteiger partial charge in [0.25, 0.3) is 0 Å². The molecule has 0 saturated heterocycles.